The molecule has 0 radical (unpaired) electrons. The third kappa shape index (κ3) is 3.22. The van der Waals surface area contributed by atoms with Crippen molar-refractivity contribution in [3.8, 4) is 0 Å². The van der Waals surface area contributed by atoms with Crippen LogP contribution in [-0.2, 0) is 4.74 Å². The Morgan fingerprint density at radius 1 is 1.33 bits per heavy atom. The van der Waals surface area contributed by atoms with Crippen LogP contribution in [-0.4, -0.2) is 71.1 Å². The highest BCUT2D eigenvalue weighted by atomic mass is 16.5. The summed E-state index contributed by atoms with van der Waals surface area (Å²) >= 11 is 0. The molecule has 2 fully saturated rings. The molecule has 2 aliphatic rings. The minimum Gasteiger partial charge on any atom is -0.380 e. The molecule has 6 nitrogen and oxygen atoms in total. The lowest BCUT2D eigenvalue weighted by atomic mass is 10.1. The van der Waals surface area contributed by atoms with E-state index in [9.17, 15) is 4.79 Å². The minimum atomic E-state index is 0.0133. The molecule has 0 N–H and O–H groups in total. The molecule has 0 aliphatic carbocycles. The summed E-state index contributed by atoms with van der Waals surface area (Å²) in [5.74, 6) is 0.0133. The first kappa shape index (κ1) is 14.4. The van der Waals surface area contributed by atoms with Gasteiger partial charge < -0.3 is 14.5 Å². The van der Waals surface area contributed by atoms with Crippen molar-refractivity contribution in [2.24, 2.45) is 0 Å². The van der Waals surface area contributed by atoms with Gasteiger partial charge in [-0.15, -0.1) is 0 Å². The number of methoxy groups -OCH3 is 1. The molecule has 3 heterocycles. The maximum absolute atomic E-state index is 12.7. The van der Waals surface area contributed by atoms with Crippen LogP contribution in [0.3, 0.4) is 0 Å². The Morgan fingerprint density at radius 2 is 2.05 bits per heavy atom. The first-order valence-electron chi connectivity index (χ1n) is 7.59. The molecule has 0 spiro atoms. The van der Waals surface area contributed by atoms with E-state index in [4.69, 9.17) is 4.74 Å². The van der Waals surface area contributed by atoms with E-state index in [-0.39, 0.29) is 18.1 Å². The van der Waals surface area contributed by atoms with E-state index in [0.29, 0.717) is 12.1 Å². The average molecular weight is 290 g/mol. The Kier molecular flexibility index (Phi) is 4.45. The molecule has 1 aromatic rings. The van der Waals surface area contributed by atoms with Gasteiger partial charge in [-0.05, 0) is 32.4 Å². The lowest BCUT2D eigenvalue weighted by Crippen LogP contribution is -2.42. The van der Waals surface area contributed by atoms with Crippen molar-refractivity contribution in [3.05, 3.63) is 24.3 Å². The number of hydrogen-bond acceptors (Lipinski definition) is 5. The molecule has 2 saturated heterocycles. The largest absolute Gasteiger partial charge is 0.380 e. The first-order valence-corrected chi connectivity index (χ1v) is 7.59. The van der Waals surface area contributed by atoms with Gasteiger partial charge in [0, 0.05) is 38.6 Å². The molecule has 2 aliphatic heterocycles. The lowest BCUT2D eigenvalue weighted by molar-refractivity contribution is 0.0669. The maximum atomic E-state index is 12.7. The van der Waals surface area contributed by atoms with E-state index in [1.165, 1.54) is 19.2 Å². The molecular formula is C15H22N4O2. The molecule has 21 heavy (non-hydrogen) atoms. The van der Waals surface area contributed by atoms with Crippen LogP contribution in [0, 0.1) is 0 Å². The van der Waals surface area contributed by atoms with Gasteiger partial charge in [-0.25, -0.2) is 9.97 Å². The van der Waals surface area contributed by atoms with Gasteiger partial charge >= 0.3 is 0 Å². The van der Waals surface area contributed by atoms with Crippen molar-refractivity contribution < 1.29 is 9.53 Å². The molecule has 3 rings (SSSR count). The Hall–Kier alpha value is -1.53. The Labute approximate surface area is 125 Å². The number of carbonyl (C=O) groups excluding carboxylic acids is 1. The number of amides is 1. The SMILES string of the molecule is CO[C@H]1C[C@@H](CN2CCCC2)N(C(=O)c2cncnc2)C1. The highest BCUT2D eigenvalue weighted by molar-refractivity contribution is 5.94. The zero-order chi connectivity index (χ0) is 14.7. The molecule has 2 atom stereocenters. The van der Waals surface area contributed by atoms with Crippen LogP contribution in [0.2, 0.25) is 0 Å². The molecule has 6 heteroatoms. The van der Waals surface area contributed by atoms with E-state index in [0.717, 1.165) is 26.1 Å². The van der Waals surface area contributed by atoms with Crippen LogP contribution >= 0.6 is 0 Å². The fraction of sp³-hybridized carbons (Fsp3) is 0.667. The van der Waals surface area contributed by atoms with Gasteiger partial charge in [0.05, 0.1) is 11.7 Å². The van der Waals surface area contributed by atoms with Gasteiger partial charge in [0.25, 0.3) is 5.91 Å². The van der Waals surface area contributed by atoms with Gasteiger partial charge in [-0.2, -0.15) is 0 Å². The summed E-state index contributed by atoms with van der Waals surface area (Å²) in [6.45, 7) is 3.89. The minimum absolute atomic E-state index is 0.0133. The Bertz CT molecular complexity index is 476. The summed E-state index contributed by atoms with van der Waals surface area (Å²) in [4.78, 5) is 24.9. The molecule has 114 valence electrons. The molecule has 0 aromatic carbocycles. The molecule has 0 unspecified atom stereocenters. The zero-order valence-corrected chi connectivity index (χ0v) is 12.4. The number of rotatable bonds is 4. The fourth-order valence-electron chi connectivity index (χ4n) is 3.30. The summed E-state index contributed by atoms with van der Waals surface area (Å²) in [7, 11) is 1.72. The maximum Gasteiger partial charge on any atom is 0.257 e. The second-order valence-corrected chi connectivity index (χ2v) is 5.84. The second kappa shape index (κ2) is 6.49. The predicted molar refractivity (Wildman–Crippen MR) is 77.9 cm³/mol. The van der Waals surface area contributed by atoms with E-state index in [1.807, 2.05) is 4.90 Å². The standard InChI is InChI=1S/C15H22N4O2/c1-21-14-6-13(9-18-4-2-3-5-18)19(10-14)15(20)12-7-16-11-17-8-12/h7-8,11,13-14H,2-6,9-10H2,1H3/t13-,14-/m0/s1. The number of likely N-dealkylation sites (tertiary alicyclic amines) is 2. The predicted octanol–water partition coefficient (Wildman–Crippen LogP) is 0.802. The van der Waals surface area contributed by atoms with Crippen molar-refractivity contribution in [3.63, 3.8) is 0 Å². The number of hydrogen-bond donors (Lipinski definition) is 0. The molecule has 1 amide bonds. The number of carbonyl (C=O) groups is 1. The second-order valence-electron chi connectivity index (χ2n) is 5.84. The number of ether oxygens (including phenoxy) is 1. The molecular weight excluding hydrogens is 268 g/mol. The topological polar surface area (TPSA) is 58.6 Å². The number of nitrogens with zero attached hydrogens (tertiary/aromatic N) is 4. The Balaban J connectivity index is 1.72. The van der Waals surface area contributed by atoms with E-state index >= 15 is 0 Å². The first-order chi connectivity index (χ1) is 10.3. The van der Waals surface area contributed by atoms with Gasteiger partial charge in [0.2, 0.25) is 0 Å². The molecule has 0 bridgehead atoms. The fourth-order valence-corrected chi connectivity index (χ4v) is 3.30. The van der Waals surface area contributed by atoms with Crippen LogP contribution in [0.5, 0.6) is 0 Å². The van der Waals surface area contributed by atoms with Crippen molar-refractivity contribution in [1.29, 1.82) is 0 Å². The van der Waals surface area contributed by atoms with E-state index in [1.54, 1.807) is 19.5 Å². The van der Waals surface area contributed by atoms with Crippen molar-refractivity contribution in [2.45, 2.75) is 31.4 Å². The Morgan fingerprint density at radius 3 is 2.71 bits per heavy atom. The molecule has 1 aromatic heterocycles. The summed E-state index contributed by atoms with van der Waals surface area (Å²) in [5.41, 5.74) is 0.556. The third-order valence-electron chi connectivity index (χ3n) is 4.45. The van der Waals surface area contributed by atoms with Gasteiger partial charge in [-0.3, -0.25) is 4.79 Å². The quantitative estimate of drug-likeness (QED) is 0.821. The summed E-state index contributed by atoms with van der Waals surface area (Å²) in [5, 5.41) is 0. The third-order valence-corrected chi connectivity index (χ3v) is 4.45. The van der Waals surface area contributed by atoms with Crippen molar-refractivity contribution >= 4 is 5.91 Å². The van der Waals surface area contributed by atoms with Gasteiger partial charge in [0.15, 0.2) is 0 Å². The van der Waals surface area contributed by atoms with E-state index < -0.39 is 0 Å². The van der Waals surface area contributed by atoms with Crippen LogP contribution in [0.25, 0.3) is 0 Å². The van der Waals surface area contributed by atoms with Gasteiger partial charge in [0.1, 0.15) is 6.33 Å². The van der Waals surface area contributed by atoms with Crippen molar-refractivity contribution in [2.75, 3.05) is 33.3 Å². The van der Waals surface area contributed by atoms with Crippen LogP contribution in [0.4, 0.5) is 0 Å². The zero-order valence-electron chi connectivity index (χ0n) is 12.4. The highest BCUT2D eigenvalue weighted by Crippen LogP contribution is 2.24. The molecule has 0 saturated carbocycles. The number of aromatic nitrogens is 2. The van der Waals surface area contributed by atoms with Crippen molar-refractivity contribution in [1.82, 2.24) is 19.8 Å². The summed E-state index contributed by atoms with van der Waals surface area (Å²) < 4.78 is 5.48. The monoisotopic (exact) mass is 290 g/mol. The van der Waals surface area contributed by atoms with Gasteiger partial charge in [-0.1, -0.05) is 0 Å². The lowest BCUT2D eigenvalue weighted by Gasteiger charge is -2.28. The van der Waals surface area contributed by atoms with E-state index in [2.05, 4.69) is 14.9 Å². The van der Waals surface area contributed by atoms with Crippen LogP contribution < -0.4 is 0 Å². The average Bonchev–Trinajstić information content (AvgIpc) is 3.17. The summed E-state index contributed by atoms with van der Waals surface area (Å²) in [6.07, 6.45) is 8.19. The normalized spacial score (nSPS) is 26.4. The van der Waals surface area contributed by atoms with Crippen LogP contribution in [0.15, 0.2) is 18.7 Å². The summed E-state index contributed by atoms with van der Waals surface area (Å²) in [6, 6.07) is 0.223. The highest BCUT2D eigenvalue weighted by Gasteiger charge is 2.37. The van der Waals surface area contributed by atoms with Crippen LogP contribution in [0.1, 0.15) is 29.6 Å². The smallest absolute Gasteiger partial charge is 0.257 e.